The Morgan fingerprint density at radius 1 is 1.09 bits per heavy atom. The number of amides is 1. The van der Waals surface area contributed by atoms with Gasteiger partial charge in [-0.25, -0.2) is 9.38 Å². The zero-order valence-corrected chi connectivity index (χ0v) is 20.1. The maximum atomic E-state index is 13.2. The van der Waals surface area contributed by atoms with Gasteiger partial charge in [-0.1, -0.05) is 18.2 Å². The minimum Gasteiger partial charge on any atom is -0.497 e. The summed E-state index contributed by atoms with van der Waals surface area (Å²) in [4.78, 5) is 22.2. The lowest BCUT2D eigenvalue weighted by molar-refractivity contribution is -0.134. The van der Waals surface area contributed by atoms with E-state index >= 15 is 0 Å². The van der Waals surface area contributed by atoms with Crippen LogP contribution in [0.2, 0.25) is 0 Å². The summed E-state index contributed by atoms with van der Waals surface area (Å²) in [5.41, 5.74) is 3.56. The van der Waals surface area contributed by atoms with E-state index in [0.29, 0.717) is 36.9 Å². The van der Waals surface area contributed by atoms with Crippen molar-refractivity contribution in [1.82, 2.24) is 9.80 Å². The Morgan fingerprint density at radius 3 is 2.63 bits per heavy atom. The van der Waals surface area contributed by atoms with E-state index < -0.39 is 0 Å². The first-order valence-corrected chi connectivity index (χ1v) is 11.8. The maximum absolute atomic E-state index is 13.2. The Morgan fingerprint density at radius 2 is 1.89 bits per heavy atom. The summed E-state index contributed by atoms with van der Waals surface area (Å²) in [5, 5.41) is 0. The number of halogens is 1. The summed E-state index contributed by atoms with van der Waals surface area (Å²) in [6, 6.07) is 17.8. The third kappa shape index (κ3) is 4.71. The molecule has 7 heteroatoms. The quantitative estimate of drug-likeness (QED) is 0.531. The molecule has 1 saturated heterocycles. The van der Waals surface area contributed by atoms with Crippen LogP contribution in [0.3, 0.4) is 0 Å². The number of rotatable bonds is 3. The lowest BCUT2D eigenvalue weighted by atomic mass is 10.1. The van der Waals surface area contributed by atoms with Crippen molar-refractivity contribution in [2.24, 2.45) is 4.99 Å². The Labute approximate surface area is 204 Å². The molecule has 3 aromatic carbocycles. The van der Waals surface area contributed by atoms with Gasteiger partial charge in [-0.3, -0.25) is 4.79 Å². The van der Waals surface area contributed by atoms with E-state index in [9.17, 15) is 9.18 Å². The number of ether oxygens (including phenoxy) is 2. The second kappa shape index (κ2) is 9.41. The first-order chi connectivity index (χ1) is 16.9. The Kier molecular flexibility index (Phi) is 6.16. The lowest BCUT2D eigenvalue weighted by Gasteiger charge is -2.41. The third-order valence-corrected chi connectivity index (χ3v) is 6.51. The monoisotopic (exact) mass is 473 g/mol. The van der Waals surface area contributed by atoms with E-state index in [1.54, 1.807) is 19.2 Å². The van der Waals surface area contributed by atoms with Crippen molar-refractivity contribution in [3.05, 3.63) is 83.2 Å². The molecule has 1 amide bonds. The van der Waals surface area contributed by atoms with Crippen LogP contribution in [0.1, 0.15) is 23.6 Å². The van der Waals surface area contributed by atoms with Crippen molar-refractivity contribution in [2.75, 3.05) is 26.7 Å². The highest BCUT2D eigenvalue weighted by atomic mass is 19.1. The molecule has 0 radical (unpaired) electrons. The summed E-state index contributed by atoms with van der Waals surface area (Å²) in [6.07, 6.45) is 0.259. The van der Waals surface area contributed by atoms with Crippen LogP contribution in [0.25, 0.3) is 0 Å². The number of carbonyl (C=O) groups is 1. The second-order valence-electron chi connectivity index (χ2n) is 9.06. The number of nitrogens with zero attached hydrogens (tertiary/aromatic N) is 3. The molecule has 35 heavy (non-hydrogen) atoms. The van der Waals surface area contributed by atoms with E-state index in [4.69, 9.17) is 14.5 Å². The fourth-order valence-corrected chi connectivity index (χ4v) is 4.63. The molecule has 1 atom stereocenters. The first-order valence-electron chi connectivity index (χ1n) is 11.8. The van der Waals surface area contributed by atoms with Crippen molar-refractivity contribution in [2.45, 2.75) is 26.3 Å². The van der Waals surface area contributed by atoms with Crippen LogP contribution in [-0.2, 0) is 11.2 Å². The van der Waals surface area contributed by atoms with E-state index in [-0.39, 0.29) is 24.2 Å². The van der Waals surface area contributed by atoms with Gasteiger partial charge < -0.3 is 19.3 Å². The van der Waals surface area contributed by atoms with Crippen LogP contribution in [0.15, 0.2) is 65.7 Å². The van der Waals surface area contributed by atoms with Crippen LogP contribution < -0.4 is 9.47 Å². The topological polar surface area (TPSA) is 54.4 Å². The van der Waals surface area contributed by atoms with Crippen LogP contribution in [-0.4, -0.2) is 54.3 Å². The summed E-state index contributed by atoms with van der Waals surface area (Å²) in [6.45, 7) is 5.93. The first kappa shape index (κ1) is 22.9. The maximum Gasteiger partial charge on any atom is 0.227 e. The van der Waals surface area contributed by atoms with Gasteiger partial charge in [0, 0.05) is 31.7 Å². The fraction of sp³-hybridized carbons (Fsp3) is 0.286. The summed E-state index contributed by atoms with van der Waals surface area (Å²) < 4.78 is 24.9. The van der Waals surface area contributed by atoms with Gasteiger partial charge in [0.2, 0.25) is 5.91 Å². The van der Waals surface area contributed by atoms with E-state index in [1.807, 2.05) is 48.2 Å². The molecule has 0 N–H and O–H groups in total. The van der Waals surface area contributed by atoms with Gasteiger partial charge in [-0.05, 0) is 61.4 Å². The molecule has 0 aliphatic carbocycles. The summed E-state index contributed by atoms with van der Waals surface area (Å²) in [5.74, 6) is 2.67. The van der Waals surface area contributed by atoms with Crippen LogP contribution in [0.5, 0.6) is 17.2 Å². The number of carbonyl (C=O) groups excluding carboxylic acids is 1. The fourth-order valence-electron chi connectivity index (χ4n) is 4.63. The zero-order valence-electron chi connectivity index (χ0n) is 20.1. The van der Waals surface area contributed by atoms with E-state index in [1.165, 1.54) is 12.1 Å². The van der Waals surface area contributed by atoms with E-state index in [2.05, 4.69) is 11.8 Å². The van der Waals surface area contributed by atoms with Gasteiger partial charge in [-0.15, -0.1) is 0 Å². The smallest absolute Gasteiger partial charge is 0.227 e. The van der Waals surface area contributed by atoms with Crippen molar-refractivity contribution < 1.29 is 18.7 Å². The molecule has 1 unspecified atom stereocenters. The zero-order chi connectivity index (χ0) is 24.5. The standard InChI is InChI=1S/C28H28FN3O3/c1-18-4-11-24-26(14-18)35-25-16-22(34-3)9-10-23(25)28(30-24)31-12-13-32(19(2)17-31)27(33)15-20-5-7-21(29)8-6-20/h4-11,14,16,19H,12-13,15,17H2,1-3H3. The summed E-state index contributed by atoms with van der Waals surface area (Å²) >= 11 is 0. The number of amidine groups is 1. The molecule has 0 saturated carbocycles. The number of aliphatic imine (C=N–C) groups is 1. The van der Waals surface area contributed by atoms with Gasteiger partial charge in [0.1, 0.15) is 28.8 Å². The van der Waals surface area contributed by atoms with Gasteiger partial charge in [0.25, 0.3) is 0 Å². The second-order valence-corrected chi connectivity index (χ2v) is 9.06. The predicted octanol–water partition coefficient (Wildman–Crippen LogP) is 5.10. The molecule has 5 rings (SSSR count). The van der Waals surface area contributed by atoms with E-state index in [0.717, 1.165) is 28.2 Å². The average molecular weight is 474 g/mol. The Balaban J connectivity index is 1.41. The molecule has 180 valence electrons. The molecule has 2 heterocycles. The highest BCUT2D eigenvalue weighted by Gasteiger charge is 2.31. The van der Waals surface area contributed by atoms with Gasteiger partial charge >= 0.3 is 0 Å². The Bertz CT molecular complexity index is 1290. The predicted molar refractivity (Wildman–Crippen MR) is 133 cm³/mol. The normalized spacial score (nSPS) is 17.0. The van der Waals surface area contributed by atoms with Gasteiger partial charge in [-0.2, -0.15) is 0 Å². The Hall–Kier alpha value is -3.87. The minimum atomic E-state index is -0.300. The molecule has 1 fully saturated rings. The number of hydrogen-bond donors (Lipinski definition) is 0. The highest BCUT2D eigenvalue weighted by Crippen LogP contribution is 2.40. The van der Waals surface area contributed by atoms with Crippen molar-refractivity contribution >= 4 is 17.4 Å². The largest absolute Gasteiger partial charge is 0.497 e. The van der Waals surface area contributed by atoms with Crippen molar-refractivity contribution in [1.29, 1.82) is 0 Å². The van der Waals surface area contributed by atoms with Gasteiger partial charge in [0.15, 0.2) is 5.75 Å². The van der Waals surface area contributed by atoms with Crippen LogP contribution >= 0.6 is 0 Å². The van der Waals surface area contributed by atoms with Crippen molar-refractivity contribution in [3.8, 4) is 17.2 Å². The summed E-state index contributed by atoms with van der Waals surface area (Å²) in [7, 11) is 1.63. The molecular weight excluding hydrogens is 445 g/mol. The molecule has 0 spiro atoms. The molecule has 2 aliphatic heterocycles. The SMILES string of the molecule is COc1ccc2c(c1)Oc1cc(C)ccc1N=C2N1CCN(C(=O)Cc2ccc(F)cc2)C(C)C1. The van der Waals surface area contributed by atoms with Crippen LogP contribution in [0, 0.1) is 12.7 Å². The molecule has 0 bridgehead atoms. The molecule has 3 aromatic rings. The lowest BCUT2D eigenvalue weighted by Crippen LogP contribution is -2.55. The molecule has 2 aliphatic rings. The highest BCUT2D eigenvalue weighted by molar-refractivity contribution is 6.04. The number of fused-ring (bicyclic) bond motifs is 2. The third-order valence-electron chi connectivity index (χ3n) is 6.51. The number of piperazine rings is 1. The van der Waals surface area contributed by atoms with Gasteiger partial charge in [0.05, 0.1) is 19.1 Å². The molecule has 0 aromatic heterocycles. The number of aryl methyl sites for hydroxylation is 1. The molecule has 6 nitrogen and oxygen atoms in total. The minimum absolute atomic E-state index is 0.0113. The van der Waals surface area contributed by atoms with Crippen molar-refractivity contribution in [3.63, 3.8) is 0 Å². The van der Waals surface area contributed by atoms with Crippen LogP contribution in [0.4, 0.5) is 10.1 Å². The molecular formula is C28H28FN3O3. The number of benzene rings is 3. The average Bonchev–Trinajstić information content (AvgIpc) is 3.01. The number of hydrogen-bond acceptors (Lipinski definition) is 5. The number of methoxy groups -OCH3 is 1.